The summed E-state index contributed by atoms with van der Waals surface area (Å²) >= 11 is 0. The minimum Gasteiger partial charge on any atom is -0.453 e. The standard InChI is InChI=1S/C28H55N5O5Si/c1-28(2,3)38-27(35)32-22-11-9-8-10-14-29-23-17-20(30-26(34)36-4)12-13-21(23)24-18-33(25(22)31-24)19-37-15-16-39(5,6)7/h20-25,29,31H,8-19H2,1-7H3,(H,30,34)(H,32,35). The van der Waals surface area contributed by atoms with Gasteiger partial charge in [-0.3, -0.25) is 10.2 Å². The van der Waals surface area contributed by atoms with Crippen LogP contribution >= 0.6 is 0 Å². The Labute approximate surface area is 237 Å². The van der Waals surface area contributed by atoms with Crippen LogP contribution in [0.4, 0.5) is 9.59 Å². The Morgan fingerprint density at radius 2 is 1.77 bits per heavy atom. The minimum atomic E-state index is -1.18. The van der Waals surface area contributed by atoms with E-state index in [9.17, 15) is 9.59 Å². The van der Waals surface area contributed by atoms with Crippen LogP contribution in [0.5, 0.6) is 0 Å². The molecule has 2 heterocycles. The molecule has 2 bridgehead atoms. The highest BCUT2D eigenvalue weighted by atomic mass is 28.3. The molecule has 11 heteroatoms. The van der Waals surface area contributed by atoms with E-state index >= 15 is 0 Å². The number of nitrogens with zero attached hydrogens (tertiary/aromatic N) is 1. The van der Waals surface area contributed by atoms with E-state index in [1.165, 1.54) is 7.11 Å². The quantitative estimate of drug-likeness (QED) is 0.270. The molecule has 1 aliphatic carbocycles. The summed E-state index contributed by atoms with van der Waals surface area (Å²) < 4.78 is 16.7. The predicted octanol–water partition coefficient (Wildman–Crippen LogP) is 3.85. The number of nitrogens with one attached hydrogen (secondary N) is 4. The van der Waals surface area contributed by atoms with Crippen LogP contribution in [0.1, 0.15) is 65.7 Å². The summed E-state index contributed by atoms with van der Waals surface area (Å²) in [5.74, 6) is 0.414. The molecule has 2 amide bonds. The molecule has 2 aliphatic heterocycles. The summed E-state index contributed by atoms with van der Waals surface area (Å²) in [4.78, 5) is 27.1. The summed E-state index contributed by atoms with van der Waals surface area (Å²) in [5.41, 5.74) is -0.545. The summed E-state index contributed by atoms with van der Waals surface area (Å²) in [7, 11) is 0.233. The molecule has 0 aromatic carbocycles. The number of carbonyl (C=O) groups excluding carboxylic acids is 2. The number of hydrogen-bond acceptors (Lipinski definition) is 8. The first-order valence-corrected chi connectivity index (χ1v) is 18.7. The maximum absolute atomic E-state index is 12.9. The van der Waals surface area contributed by atoms with E-state index < -0.39 is 13.7 Å². The molecular formula is C28H55N5O5Si. The van der Waals surface area contributed by atoms with Crippen LogP contribution in [0.3, 0.4) is 0 Å². The molecule has 3 aliphatic rings. The fourth-order valence-corrected chi connectivity index (χ4v) is 6.81. The van der Waals surface area contributed by atoms with Gasteiger partial charge in [0.1, 0.15) is 12.3 Å². The molecule has 0 aromatic heterocycles. The van der Waals surface area contributed by atoms with Crippen molar-refractivity contribution in [3.8, 4) is 0 Å². The molecule has 0 aromatic rings. The first-order valence-electron chi connectivity index (χ1n) is 15.0. The lowest BCUT2D eigenvalue weighted by molar-refractivity contribution is 0.00998. The van der Waals surface area contributed by atoms with Crippen LogP contribution in [0.2, 0.25) is 25.7 Å². The van der Waals surface area contributed by atoms with E-state index in [-0.39, 0.29) is 36.5 Å². The van der Waals surface area contributed by atoms with Crippen molar-refractivity contribution in [3.05, 3.63) is 0 Å². The van der Waals surface area contributed by atoms with Crippen molar-refractivity contribution in [1.82, 2.24) is 26.2 Å². The van der Waals surface area contributed by atoms with Gasteiger partial charge in [0, 0.05) is 39.4 Å². The average molecular weight is 570 g/mol. The molecule has 4 N–H and O–H groups in total. The minimum absolute atomic E-state index is 0.0274. The van der Waals surface area contributed by atoms with Crippen LogP contribution < -0.4 is 21.3 Å². The Balaban J connectivity index is 1.76. The zero-order chi connectivity index (χ0) is 28.6. The van der Waals surface area contributed by atoms with Gasteiger partial charge in [-0.2, -0.15) is 0 Å². The molecule has 2 saturated heterocycles. The molecular weight excluding hydrogens is 514 g/mol. The van der Waals surface area contributed by atoms with Crippen LogP contribution in [-0.4, -0.2) is 94.6 Å². The lowest BCUT2D eigenvalue weighted by Crippen LogP contribution is -2.57. The van der Waals surface area contributed by atoms with Gasteiger partial charge < -0.3 is 30.2 Å². The Bertz CT molecular complexity index is 789. The Morgan fingerprint density at radius 1 is 1.00 bits per heavy atom. The Morgan fingerprint density at radius 3 is 2.46 bits per heavy atom. The molecule has 6 atom stereocenters. The number of carbonyl (C=O) groups is 2. The second-order valence-corrected chi connectivity index (χ2v) is 19.4. The van der Waals surface area contributed by atoms with Crippen molar-refractivity contribution >= 4 is 20.3 Å². The van der Waals surface area contributed by atoms with E-state index in [1.54, 1.807) is 0 Å². The van der Waals surface area contributed by atoms with Crippen LogP contribution in [-0.2, 0) is 14.2 Å². The number of rotatable bonds is 7. The highest BCUT2D eigenvalue weighted by Gasteiger charge is 2.44. The lowest BCUT2D eigenvalue weighted by Gasteiger charge is -2.40. The molecule has 0 radical (unpaired) electrons. The smallest absolute Gasteiger partial charge is 0.407 e. The highest BCUT2D eigenvalue weighted by Crippen LogP contribution is 2.32. The Hall–Kier alpha value is -1.40. The van der Waals surface area contributed by atoms with E-state index in [1.807, 2.05) is 20.8 Å². The maximum atomic E-state index is 12.9. The number of methoxy groups -OCH3 is 1. The number of alkyl carbamates (subject to hydrolysis) is 2. The highest BCUT2D eigenvalue weighted by molar-refractivity contribution is 6.76. The molecule has 39 heavy (non-hydrogen) atoms. The van der Waals surface area contributed by atoms with E-state index in [0.29, 0.717) is 18.7 Å². The van der Waals surface area contributed by atoms with Gasteiger partial charge in [0.25, 0.3) is 0 Å². The first-order chi connectivity index (χ1) is 18.3. The Kier molecular flexibility index (Phi) is 11.9. The van der Waals surface area contributed by atoms with E-state index in [2.05, 4.69) is 45.8 Å². The summed E-state index contributed by atoms with van der Waals surface area (Å²) in [5, 5.41) is 14.0. The van der Waals surface area contributed by atoms with Gasteiger partial charge in [-0.1, -0.05) is 32.5 Å². The summed E-state index contributed by atoms with van der Waals surface area (Å²) in [6, 6.07) is 1.72. The summed E-state index contributed by atoms with van der Waals surface area (Å²) in [6.07, 6.45) is 6.15. The largest absolute Gasteiger partial charge is 0.453 e. The lowest BCUT2D eigenvalue weighted by atomic mass is 9.77. The molecule has 1 saturated carbocycles. The third kappa shape index (κ3) is 10.8. The predicted molar refractivity (Wildman–Crippen MR) is 156 cm³/mol. The van der Waals surface area contributed by atoms with Crippen molar-refractivity contribution in [2.75, 3.05) is 33.5 Å². The third-order valence-corrected chi connectivity index (χ3v) is 9.78. The van der Waals surface area contributed by atoms with Crippen molar-refractivity contribution < 1.29 is 23.8 Å². The topological polar surface area (TPSA) is 113 Å². The van der Waals surface area contributed by atoms with Crippen molar-refractivity contribution in [3.63, 3.8) is 0 Å². The van der Waals surface area contributed by atoms with E-state index in [0.717, 1.165) is 70.7 Å². The van der Waals surface area contributed by atoms with Gasteiger partial charge in [-0.15, -0.1) is 0 Å². The molecule has 3 fully saturated rings. The normalized spacial score (nSPS) is 30.8. The van der Waals surface area contributed by atoms with Gasteiger partial charge in [0.2, 0.25) is 0 Å². The first kappa shape index (κ1) is 32.1. The maximum Gasteiger partial charge on any atom is 0.407 e. The molecule has 6 unspecified atom stereocenters. The average Bonchev–Trinajstić information content (AvgIpc) is 3.24. The number of fused-ring (bicyclic) bond motifs is 4. The van der Waals surface area contributed by atoms with Gasteiger partial charge in [0.15, 0.2) is 0 Å². The van der Waals surface area contributed by atoms with Crippen molar-refractivity contribution in [2.45, 2.75) is 127 Å². The monoisotopic (exact) mass is 569 g/mol. The summed E-state index contributed by atoms with van der Waals surface area (Å²) in [6.45, 7) is 15.9. The van der Waals surface area contributed by atoms with Crippen LogP contribution in [0.25, 0.3) is 0 Å². The molecule has 10 nitrogen and oxygen atoms in total. The number of hydrogen-bond donors (Lipinski definition) is 4. The van der Waals surface area contributed by atoms with Gasteiger partial charge >= 0.3 is 12.2 Å². The second-order valence-electron chi connectivity index (χ2n) is 13.8. The number of ether oxygens (including phenoxy) is 3. The van der Waals surface area contributed by atoms with E-state index in [4.69, 9.17) is 14.2 Å². The molecule has 226 valence electrons. The molecule has 0 spiro atoms. The van der Waals surface area contributed by atoms with Gasteiger partial charge in [-0.25, -0.2) is 9.59 Å². The van der Waals surface area contributed by atoms with Gasteiger partial charge in [0.05, 0.1) is 19.3 Å². The van der Waals surface area contributed by atoms with Crippen LogP contribution in [0, 0.1) is 5.92 Å². The zero-order valence-corrected chi connectivity index (χ0v) is 26.4. The van der Waals surface area contributed by atoms with Crippen LogP contribution in [0.15, 0.2) is 0 Å². The SMILES string of the molecule is COC(=O)NC1CCC2C(C1)NCCCCCC(NC(=O)OC(C)(C)C)C1NC2CN1COCC[Si](C)(C)C. The third-order valence-electron chi connectivity index (χ3n) is 8.07. The molecule has 3 rings (SSSR count). The fourth-order valence-electron chi connectivity index (χ4n) is 6.05. The van der Waals surface area contributed by atoms with Crippen molar-refractivity contribution in [2.24, 2.45) is 5.92 Å². The van der Waals surface area contributed by atoms with Crippen molar-refractivity contribution in [1.29, 1.82) is 0 Å². The number of amides is 2. The van der Waals surface area contributed by atoms with Gasteiger partial charge in [-0.05, 0) is 71.4 Å². The second kappa shape index (κ2) is 14.5. The zero-order valence-electron chi connectivity index (χ0n) is 25.4. The fraction of sp³-hybridized carbons (Fsp3) is 0.929.